The molecule has 7 rings (SSSR count). The first-order valence-corrected chi connectivity index (χ1v) is 17.0. The molecular weight excluding hydrogens is 614 g/mol. The lowest BCUT2D eigenvalue weighted by Crippen LogP contribution is -2.47. The van der Waals surface area contributed by atoms with Crippen LogP contribution in [0.3, 0.4) is 0 Å². The second kappa shape index (κ2) is 13.8. The van der Waals surface area contributed by atoms with Gasteiger partial charge in [-0.15, -0.1) is 0 Å². The summed E-state index contributed by atoms with van der Waals surface area (Å²) in [6.45, 7) is 10.5. The van der Waals surface area contributed by atoms with Gasteiger partial charge in [0.15, 0.2) is 0 Å². The van der Waals surface area contributed by atoms with Crippen molar-refractivity contribution in [3.05, 3.63) is 112 Å². The summed E-state index contributed by atoms with van der Waals surface area (Å²) in [5, 5.41) is 17.7. The van der Waals surface area contributed by atoms with Gasteiger partial charge >= 0.3 is 0 Å². The Labute approximate surface area is 286 Å². The second-order valence-corrected chi connectivity index (χ2v) is 13.3. The first-order chi connectivity index (χ1) is 23.7. The first kappa shape index (κ1) is 32.5. The minimum atomic E-state index is -0.797. The molecule has 1 aliphatic carbocycles. The molecule has 0 saturated carbocycles. The molecule has 2 amide bonds. The van der Waals surface area contributed by atoms with Crippen molar-refractivity contribution in [1.29, 1.82) is 0 Å². The molecule has 3 aromatic carbocycles. The maximum atomic E-state index is 14.1. The van der Waals surface area contributed by atoms with Crippen LogP contribution in [0.15, 0.2) is 72.9 Å². The van der Waals surface area contributed by atoms with E-state index < -0.39 is 6.04 Å². The summed E-state index contributed by atoms with van der Waals surface area (Å²) >= 11 is 0. The lowest BCUT2D eigenvalue weighted by atomic mass is 9.89. The summed E-state index contributed by atoms with van der Waals surface area (Å²) in [7, 11) is 1.72. The molecule has 10 heteroatoms. The summed E-state index contributed by atoms with van der Waals surface area (Å²) < 4.78 is 7.05. The molecule has 49 heavy (non-hydrogen) atoms. The number of amides is 2. The molecule has 10 nitrogen and oxygen atoms in total. The molecule has 1 saturated heterocycles. The number of aromatic nitrogens is 4. The van der Waals surface area contributed by atoms with Crippen molar-refractivity contribution < 1.29 is 14.3 Å². The maximum absolute atomic E-state index is 14.1. The van der Waals surface area contributed by atoms with Crippen LogP contribution >= 0.6 is 0 Å². The second-order valence-electron chi connectivity index (χ2n) is 13.3. The Hall–Kier alpha value is -5.06. The molecule has 3 heterocycles. The molecule has 5 aromatic rings. The van der Waals surface area contributed by atoms with Gasteiger partial charge in [0.05, 0.1) is 18.9 Å². The first-order valence-electron chi connectivity index (χ1n) is 17.0. The zero-order valence-electron chi connectivity index (χ0n) is 28.5. The largest absolute Gasteiger partial charge is 0.379 e. The highest BCUT2D eigenvalue weighted by molar-refractivity contribution is 6.01. The van der Waals surface area contributed by atoms with Crippen molar-refractivity contribution in [3.8, 4) is 22.3 Å². The number of carbonyl (C=O) groups excluding carboxylic acids is 2. The predicted molar refractivity (Wildman–Crippen MR) is 190 cm³/mol. The molecule has 1 aliphatic heterocycles. The number of H-pyrrole nitrogens is 1. The van der Waals surface area contributed by atoms with Crippen molar-refractivity contribution in [1.82, 2.24) is 30.2 Å². The summed E-state index contributed by atoms with van der Waals surface area (Å²) in [6, 6.07) is 21.9. The van der Waals surface area contributed by atoms with Gasteiger partial charge in [0, 0.05) is 55.7 Å². The Morgan fingerprint density at radius 3 is 2.39 bits per heavy atom. The highest BCUT2D eigenvalue weighted by atomic mass is 16.5. The van der Waals surface area contributed by atoms with Crippen LogP contribution in [0.25, 0.3) is 22.3 Å². The van der Waals surface area contributed by atoms with Crippen molar-refractivity contribution >= 4 is 17.5 Å². The number of ether oxygens (including phenoxy) is 1. The van der Waals surface area contributed by atoms with Gasteiger partial charge in [-0.3, -0.25) is 24.3 Å². The van der Waals surface area contributed by atoms with E-state index in [2.05, 4.69) is 74.2 Å². The van der Waals surface area contributed by atoms with Gasteiger partial charge < -0.3 is 15.4 Å². The number of hydrogen-bond acceptors (Lipinski definition) is 6. The minimum absolute atomic E-state index is 0.204. The summed E-state index contributed by atoms with van der Waals surface area (Å²) in [5.41, 5.74) is 12.2. The van der Waals surface area contributed by atoms with E-state index in [-0.39, 0.29) is 17.7 Å². The number of anilines is 1. The average molecular weight is 658 g/mol. The Balaban J connectivity index is 1.15. The molecule has 2 aliphatic rings. The minimum Gasteiger partial charge on any atom is -0.379 e. The highest BCUT2D eigenvalue weighted by Crippen LogP contribution is 2.39. The van der Waals surface area contributed by atoms with Crippen LogP contribution in [0.1, 0.15) is 56.5 Å². The van der Waals surface area contributed by atoms with Crippen LogP contribution in [-0.2, 0) is 29.5 Å². The van der Waals surface area contributed by atoms with E-state index in [1.165, 1.54) is 21.4 Å². The third-order valence-corrected chi connectivity index (χ3v) is 10.0. The lowest BCUT2D eigenvalue weighted by molar-refractivity contribution is -0.118. The van der Waals surface area contributed by atoms with Crippen molar-refractivity contribution in [3.63, 3.8) is 0 Å². The van der Waals surface area contributed by atoms with Gasteiger partial charge in [-0.05, 0) is 90.8 Å². The summed E-state index contributed by atoms with van der Waals surface area (Å²) in [4.78, 5) is 30.1. The molecule has 1 fully saturated rings. The Kier molecular flexibility index (Phi) is 9.16. The third-order valence-electron chi connectivity index (χ3n) is 10.0. The fraction of sp³-hybridized carbons (Fsp3) is 0.333. The van der Waals surface area contributed by atoms with E-state index >= 15 is 0 Å². The number of nitrogens with zero attached hydrogens (tertiary/aromatic N) is 4. The smallest absolute Gasteiger partial charge is 0.270 e. The van der Waals surface area contributed by atoms with E-state index in [0.717, 1.165) is 84.9 Å². The standard InChI is InChI=1S/C39H43N7O3/c1-24-21-29(7-8-31(24)23-46-17-19-49-20-18-46)30-6-5-27-11-14-33(34(27)22-30)37(42-38(47)35-15-16-40-45(35)4)39(48)41-32-12-9-28(10-13-32)36-25(2)43-44-26(36)3/h5-10,12-13,15-16,21-22,33,37H,11,14,17-20,23H2,1-4H3,(H,41,48)(H,42,47)(H,43,44)/t33-,37+/m1/s1. The molecule has 0 unspecified atom stereocenters. The number of hydrogen-bond donors (Lipinski definition) is 3. The molecular formula is C39H43N7O3. The number of nitrogens with one attached hydrogen (secondary N) is 3. The molecule has 3 N–H and O–H groups in total. The number of fused-ring (bicyclic) bond motifs is 1. The third kappa shape index (κ3) is 6.79. The quantitative estimate of drug-likeness (QED) is 0.187. The highest BCUT2D eigenvalue weighted by Gasteiger charge is 2.36. The Bertz CT molecular complexity index is 1970. The van der Waals surface area contributed by atoms with Crippen LogP contribution in [0, 0.1) is 20.8 Å². The van der Waals surface area contributed by atoms with Crippen molar-refractivity contribution in [2.45, 2.75) is 52.1 Å². The van der Waals surface area contributed by atoms with Crippen LogP contribution in [0.5, 0.6) is 0 Å². The lowest BCUT2D eigenvalue weighted by Gasteiger charge is -2.27. The summed E-state index contributed by atoms with van der Waals surface area (Å²) in [6.07, 6.45) is 3.17. The van der Waals surface area contributed by atoms with Gasteiger partial charge in [-0.2, -0.15) is 10.2 Å². The zero-order chi connectivity index (χ0) is 34.1. The van der Waals surface area contributed by atoms with E-state index in [1.54, 1.807) is 19.3 Å². The average Bonchev–Trinajstić information content (AvgIpc) is 3.83. The Morgan fingerprint density at radius 1 is 0.959 bits per heavy atom. The summed E-state index contributed by atoms with van der Waals surface area (Å²) in [5.74, 6) is -0.799. The normalized spacial score (nSPS) is 16.7. The number of benzene rings is 3. The van der Waals surface area contributed by atoms with Crippen molar-refractivity contribution in [2.24, 2.45) is 7.05 Å². The number of aromatic amines is 1. The van der Waals surface area contributed by atoms with E-state index in [0.29, 0.717) is 11.4 Å². The van der Waals surface area contributed by atoms with Gasteiger partial charge in [0.1, 0.15) is 11.7 Å². The SMILES string of the molecule is Cc1cc(-c2ccc3c(c2)[C@H]([C@H](NC(=O)c2ccnn2C)C(=O)Nc2ccc(-c4c(C)n[nH]c4C)cc2)CC3)ccc1CN1CCOCC1. The topological polar surface area (TPSA) is 117 Å². The molecule has 2 atom stereocenters. The van der Waals surface area contributed by atoms with E-state index in [1.807, 2.05) is 38.1 Å². The molecule has 0 bridgehead atoms. The zero-order valence-corrected chi connectivity index (χ0v) is 28.5. The van der Waals surface area contributed by atoms with Gasteiger partial charge in [0.2, 0.25) is 5.91 Å². The molecule has 252 valence electrons. The van der Waals surface area contributed by atoms with Crippen LogP contribution in [-0.4, -0.2) is 69.0 Å². The number of rotatable bonds is 9. The number of carbonyl (C=O) groups is 2. The molecule has 0 spiro atoms. The number of morpholine rings is 1. The van der Waals surface area contributed by atoms with E-state index in [9.17, 15) is 9.59 Å². The fourth-order valence-electron chi connectivity index (χ4n) is 7.29. The predicted octanol–water partition coefficient (Wildman–Crippen LogP) is 5.70. The van der Waals surface area contributed by atoms with Crippen LogP contribution in [0.4, 0.5) is 5.69 Å². The van der Waals surface area contributed by atoms with Crippen LogP contribution < -0.4 is 10.6 Å². The number of aryl methyl sites for hydroxylation is 5. The monoisotopic (exact) mass is 657 g/mol. The Morgan fingerprint density at radius 2 is 1.69 bits per heavy atom. The van der Waals surface area contributed by atoms with Crippen molar-refractivity contribution in [2.75, 3.05) is 31.6 Å². The van der Waals surface area contributed by atoms with Gasteiger partial charge in [0.25, 0.3) is 5.91 Å². The van der Waals surface area contributed by atoms with E-state index in [4.69, 9.17) is 4.74 Å². The maximum Gasteiger partial charge on any atom is 0.270 e. The fourth-order valence-corrected chi connectivity index (χ4v) is 7.29. The molecule has 2 aromatic heterocycles. The molecule has 0 radical (unpaired) electrons. The van der Waals surface area contributed by atoms with Crippen LogP contribution in [0.2, 0.25) is 0 Å². The van der Waals surface area contributed by atoms with Gasteiger partial charge in [-0.1, -0.05) is 48.5 Å². The van der Waals surface area contributed by atoms with Gasteiger partial charge in [-0.25, -0.2) is 0 Å².